The summed E-state index contributed by atoms with van der Waals surface area (Å²) in [6.45, 7) is 0. The van der Waals surface area contributed by atoms with Gasteiger partial charge in [-0.1, -0.05) is 0 Å². The number of carboxylic acid groups (broad SMARTS) is 2. The molecule has 0 saturated carbocycles. The lowest BCUT2D eigenvalue weighted by atomic mass is 10.1. The zero-order valence-corrected chi connectivity index (χ0v) is 10.9. The Bertz CT molecular complexity index is 560. The number of nitrogens with one attached hydrogen (secondary N) is 1. The standard InChI is InChI=1S/C12H15N3O6/c13-7-2-1-6(5-9(7)21-12(19)20)15-10(16)4-3-8(14)11(17)18/h1-2,5,8H,3-4,13-14H2,(H,15,16)(H,17,18)(H,19,20)/t8-/m0/s1. The van der Waals surface area contributed by atoms with Gasteiger partial charge < -0.3 is 31.7 Å². The van der Waals surface area contributed by atoms with Crippen molar-refractivity contribution in [3.63, 3.8) is 0 Å². The zero-order chi connectivity index (χ0) is 16.0. The smallest absolute Gasteiger partial charge is 0.480 e. The number of carboxylic acids is 1. The maximum absolute atomic E-state index is 11.6. The number of hydrogen-bond donors (Lipinski definition) is 5. The van der Waals surface area contributed by atoms with E-state index >= 15 is 0 Å². The van der Waals surface area contributed by atoms with Crippen LogP contribution in [0.25, 0.3) is 0 Å². The number of rotatable bonds is 6. The van der Waals surface area contributed by atoms with Crippen LogP contribution in [-0.2, 0) is 9.59 Å². The Morgan fingerprint density at radius 3 is 2.52 bits per heavy atom. The summed E-state index contributed by atoms with van der Waals surface area (Å²) < 4.78 is 4.44. The number of benzene rings is 1. The molecule has 0 spiro atoms. The third kappa shape index (κ3) is 5.37. The molecule has 0 saturated heterocycles. The molecule has 0 unspecified atom stereocenters. The molecule has 1 atom stereocenters. The minimum Gasteiger partial charge on any atom is -0.480 e. The van der Waals surface area contributed by atoms with Crippen LogP contribution >= 0.6 is 0 Å². The number of nitrogens with two attached hydrogens (primary N) is 2. The van der Waals surface area contributed by atoms with Crippen LogP contribution < -0.4 is 21.5 Å². The first kappa shape index (κ1) is 16.2. The second-order valence-electron chi connectivity index (χ2n) is 4.15. The van der Waals surface area contributed by atoms with Gasteiger partial charge in [-0.25, -0.2) is 4.79 Å². The molecule has 1 aromatic rings. The normalized spacial score (nSPS) is 11.5. The fourth-order valence-electron chi connectivity index (χ4n) is 1.43. The summed E-state index contributed by atoms with van der Waals surface area (Å²) in [6, 6.07) is 2.96. The number of carbonyl (C=O) groups excluding carboxylic acids is 1. The predicted octanol–water partition coefficient (Wildman–Crippen LogP) is 0.456. The second kappa shape index (κ2) is 7.10. The Hall–Kier alpha value is -2.81. The van der Waals surface area contributed by atoms with Crippen molar-refractivity contribution in [2.45, 2.75) is 18.9 Å². The summed E-state index contributed by atoms with van der Waals surface area (Å²) >= 11 is 0. The molecule has 9 heteroatoms. The Labute approximate surface area is 119 Å². The van der Waals surface area contributed by atoms with Crippen molar-refractivity contribution in [2.24, 2.45) is 5.73 Å². The van der Waals surface area contributed by atoms with Gasteiger partial charge in [0, 0.05) is 18.2 Å². The van der Waals surface area contributed by atoms with Crippen molar-refractivity contribution >= 4 is 29.4 Å². The van der Waals surface area contributed by atoms with E-state index in [9.17, 15) is 14.4 Å². The summed E-state index contributed by atoms with van der Waals surface area (Å²) in [5.41, 5.74) is 11.2. The minimum absolute atomic E-state index is 0.0192. The predicted molar refractivity (Wildman–Crippen MR) is 73.0 cm³/mol. The van der Waals surface area contributed by atoms with Crippen molar-refractivity contribution in [1.29, 1.82) is 0 Å². The van der Waals surface area contributed by atoms with E-state index in [0.29, 0.717) is 0 Å². The molecule has 0 radical (unpaired) electrons. The van der Waals surface area contributed by atoms with Gasteiger partial charge in [-0.15, -0.1) is 0 Å². The van der Waals surface area contributed by atoms with Crippen LogP contribution in [0.2, 0.25) is 0 Å². The quantitative estimate of drug-likeness (QED) is 0.287. The summed E-state index contributed by atoms with van der Waals surface area (Å²) in [6.07, 6.45) is -1.64. The highest BCUT2D eigenvalue weighted by atomic mass is 16.7. The van der Waals surface area contributed by atoms with E-state index < -0.39 is 24.1 Å². The molecule has 0 bridgehead atoms. The molecule has 9 nitrogen and oxygen atoms in total. The van der Waals surface area contributed by atoms with Crippen LogP contribution in [0.4, 0.5) is 16.2 Å². The third-order valence-electron chi connectivity index (χ3n) is 2.49. The SMILES string of the molecule is Nc1ccc(NC(=O)CC[C@H](N)C(=O)O)cc1OC(=O)O. The van der Waals surface area contributed by atoms with Gasteiger partial charge in [0.1, 0.15) is 6.04 Å². The van der Waals surface area contributed by atoms with E-state index in [1.807, 2.05) is 0 Å². The van der Waals surface area contributed by atoms with E-state index in [0.717, 1.165) is 0 Å². The molecule has 0 aliphatic heterocycles. The van der Waals surface area contributed by atoms with Gasteiger partial charge in [-0.2, -0.15) is 0 Å². The molecular formula is C12H15N3O6. The van der Waals surface area contributed by atoms with Gasteiger partial charge in [0.05, 0.1) is 5.69 Å². The van der Waals surface area contributed by atoms with Gasteiger partial charge in [-0.3, -0.25) is 9.59 Å². The van der Waals surface area contributed by atoms with E-state index in [1.54, 1.807) is 0 Å². The molecule has 0 aromatic heterocycles. The van der Waals surface area contributed by atoms with Gasteiger partial charge in [0.25, 0.3) is 0 Å². The van der Waals surface area contributed by atoms with Crippen LogP contribution in [0, 0.1) is 0 Å². The first-order valence-corrected chi connectivity index (χ1v) is 5.88. The second-order valence-corrected chi connectivity index (χ2v) is 4.15. The highest BCUT2D eigenvalue weighted by Gasteiger charge is 2.14. The van der Waals surface area contributed by atoms with Crippen LogP contribution in [0.5, 0.6) is 5.75 Å². The highest BCUT2D eigenvalue weighted by molar-refractivity contribution is 5.91. The van der Waals surface area contributed by atoms with Crippen LogP contribution in [0.3, 0.4) is 0 Å². The van der Waals surface area contributed by atoms with Gasteiger partial charge >= 0.3 is 12.1 Å². The average molecular weight is 297 g/mol. The molecule has 0 aliphatic rings. The summed E-state index contributed by atoms with van der Waals surface area (Å²) in [5, 5.41) is 19.6. The van der Waals surface area contributed by atoms with Gasteiger partial charge in [0.15, 0.2) is 5.75 Å². The first-order chi connectivity index (χ1) is 9.79. The number of ether oxygens (including phenoxy) is 1. The topological polar surface area (TPSA) is 165 Å². The largest absolute Gasteiger partial charge is 0.511 e. The third-order valence-corrected chi connectivity index (χ3v) is 2.49. The average Bonchev–Trinajstić information content (AvgIpc) is 2.39. The number of aliphatic carboxylic acids is 1. The highest BCUT2D eigenvalue weighted by Crippen LogP contribution is 2.25. The number of hydrogen-bond acceptors (Lipinski definition) is 6. The molecule has 0 aliphatic carbocycles. The monoisotopic (exact) mass is 297 g/mol. The number of anilines is 2. The Morgan fingerprint density at radius 2 is 1.95 bits per heavy atom. The van der Waals surface area contributed by atoms with Crippen molar-refractivity contribution in [3.8, 4) is 5.75 Å². The minimum atomic E-state index is -1.53. The molecule has 1 aromatic carbocycles. The molecule has 21 heavy (non-hydrogen) atoms. The number of carbonyl (C=O) groups is 3. The molecule has 114 valence electrons. The first-order valence-electron chi connectivity index (χ1n) is 5.88. The molecule has 0 heterocycles. The van der Waals surface area contributed by atoms with E-state index in [1.165, 1.54) is 18.2 Å². The van der Waals surface area contributed by atoms with Crippen molar-refractivity contribution < 1.29 is 29.3 Å². The number of nitrogen functional groups attached to an aromatic ring is 1. The fourth-order valence-corrected chi connectivity index (χ4v) is 1.43. The fraction of sp³-hybridized carbons (Fsp3) is 0.250. The summed E-state index contributed by atoms with van der Waals surface area (Å²) in [5.74, 6) is -1.76. The van der Waals surface area contributed by atoms with Crippen molar-refractivity contribution in [1.82, 2.24) is 0 Å². The van der Waals surface area contributed by atoms with E-state index in [2.05, 4.69) is 10.1 Å². The molecule has 1 amide bonds. The Morgan fingerprint density at radius 1 is 1.29 bits per heavy atom. The van der Waals surface area contributed by atoms with Gasteiger partial charge in [-0.05, 0) is 18.6 Å². The maximum Gasteiger partial charge on any atom is 0.511 e. The maximum atomic E-state index is 11.6. The summed E-state index contributed by atoms with van der Waals surface area (Å²) in [4.78, 5) is 32.6. The van der Waals surface area contributed by atoms with E-state index in [4.69, 9.17) is 21.7 Å². The lowest BCUT2D eigenvalue weighted by Crippen LogP contribution is -2.31. The molecule has 7 N–H and O–H groups in total. The van der Waals surface area contributed by atoms with Crippen LogP contribution in [0.15, 0.2) is 18.2 Å². The lowest BCUT2D eigenvalue weighted by molar-refractivity contribution is -0.138. The lowest BCUT2D eigenvalue weighted by Gasteiger charge is -2.10. The molecule has 0 fully saturated rings. The van der Waals surface area contributed by atoms with Crippen LogP contribution in [-0.4, -0.2) is 34.3 Å². The molecular weight excluding hydrogens is 282 g/mol. The van der Waals surface area contributed by atoms with Crippen molar-refractivity contribution in [3.05, 3.63) is 18.2 Å². The molecule has 1 rings (SSSR count). The van der Waals surface area contributed by atoms with Gasteiger partial charge in [0.2, 0.25) is 5.91 Å². The number of amides is 1. The van der Waals surface area contributed by atoms with Crippen molar-refractivity contribution in [2.75, 3.05) is 11.1 Å². The zero-order valence-electron chi connectivity index (χ0n) is 10.9. The van der Waals surface area contributed by atoms with E-state index in [-0.39, 0.29) is 30.0 Å². The summed E-state index contributed by atoms with van der Waals surface area (Å²) in [7, 11) is 0. The van der Waals surface area contributed by atoms with Crippen LogP contribution in [0.1, 0.15) is 12.8 Å². The Balaban J connectivity index is 2.64. The Kier molecular flexibility index (Phi) is 5.49.